The van der Waals surface area contributed by atoms with Gasteiger partial charge < -0.3 is 9.47 Å². The second kappa shape index (κ2) is 8.90. The van der Waals surface area contributed by atoms with Crippen molar-refractivity contribution < 1.29 is 23.9 Å². The molecular formula is C27H23NO5. The fourth-order valence-electron chi connectivity index (χ4n) is 4.29. The quantitative estimate of drug-likeness (QED) is 0.371. The number of imide groups is 1. The van der Waals surface area contributed by atoms with Crippen molar-refractivity contribution in [3.63, 3.8) is 0 Å². The third kappa shape index (κ3) is 4.24. The van der Waals surface area contributed by atoms with E-state index in [9.17, 15) is 14.4 Å². The van der Waals surface area contributed by atoms with Crippen molar-refractivity contribution in [1.29, 1.82) is 0 Å². The maximum atomic E-state index is 13.1. The number of carbonyl (C=O) groups excluding carboxylic acids is 3. The molecular weight excluding hydrogens is 418 g/mol. The van der Waals surface area contributed by atoms with E-state index in [2.05, 4.69) is 0 Å². The maximum Gasteiger partial charge on any atom is 0.338 e. The summed E-state index contributed by atoms with van der Waals surface area (Å²) in [7, 11) is 0. The summed E-state index contributed by atoms with van der Waals surface area (Å²) in [5.74, 6) is -0.0447. The van der Waals surface area contributed by atoms with Crippen LogP contribution in [-0.2, 0) is 4.74 Å². The van der Waals surface area contributed by atoms with Gasteiger partial charge in [-0.1, -0.05) is 24.6 Å². The second-order valence-corrected chi connectivity index (χ2v) is 8.28. The summed E-state index contributed by atoms with van der Waals surface area (Å²) in [5, 5.41) is 0. The number of esters is 1. The van der Waals surface area contributed by atoms with Gasteiger partial charge in [0.25, 0.3) is 11.8 Å². The first-order chi connectivity index (χ1) is 16.1. The Hall–Kier alpha value is -3.93. The molecule has 0 spiro atoms. The third-order valence-electron chi connectivity index (χ3n) is 6.02. The first-order valence-corrected chi connectivity index (χ1v) is 11.2. The normalized spacial score (nSPS) is 15.9. The molecule has 6 heteroatoms. The Morgan fingerprint density at radius 2 is 1.42 bits per heavy atom. The number of ether oxygens (including phenoxy) is 2. The van der Waals surface area contributed by atoms with Crippen molar-refractivity contribution in [2.45, 2.75) is 38.2 Å². The molecule has 0 unspecified atom stereocenters. The Balaban J connectivity index is 1.33. The average Bonchev–Trinajstić information content (AvgIpc) is 3.10. The molecule has 3 aromatic carbocycles. The van der Waals surface area contributed by atoms with Crippen LogP contribution in [0, 0.1) is 0 Å². The molecule has 1 aliphatic carbocycles. The zero-order valence-electron chi connectivity index (χ0n) is 18.0. The highest BCUT2D eigenvalue weighted by Crippen LogP contribution is 2.31. The molecule has 6 nitrogen and oxygen atoms in total. The number of benzene rings is 3. The average molecular weight is 441 g/mol. The van der Waals surface area contributed by atoms with E-state index in [4.69, 9.17) is 9.47 Å². The highest BCUT2D eigenvalue weighted by molar-refractivity contribution is 6.34. The number of amides is 2. The fraction of sp³-hybridized carbons (Fsp3) is 0.222. The molecule has 0 atom stereocenters. The van der Waals surface area contributed by atoms with Gasteiger partial charge in [0.2, 0.25) is 0 Å². The zero-order valence-corrected chi connectivity index (χ0v) is 18.0. The lowest BCUT2D eigenvalue weighted by Crippen LogP contribution is -2.29. The molecule has 166 valence electrons. The van der Waals surface area contributed by atoms with Gasteiger partial charge in [0, 0.05) is 0 Å². The lowest BCUT2D eigenvalue weighted by atomic mass is 9.97. The lowest BCUT2D eigenvalue weighted by molar-refractivity contribution is 0.0211. The largest absolute Gasteiger partial charge is 0.459 e. The van der Waals surface area contributed by atoms with Crippen molar-refractivity contribution in [3.8, 4) is 11.5 Å². The third-order valence-corrected chi connectivity index (χ3v) is 6.02. The van der Waals surface area contributed by atoms with Crippen LogP contribution in [0.4, 0.5) is 5.69 Å². The van der Waals surface area contributed by atoms with Gasteiger partial charge in [-0.15, -0.1) is 0 Å². The number of fused-ring (bicyclic) bond motifs is 1. The van der Waals surface area contributed by atoms with E-state index in [0.29, 0.717) is 17.2 Å². The topological polar surface area (TPSA) is 72.9 Å². The summed E-state index contributed by atoms with van der Waals surface area (Å²) in [6.45, 7) is 0. The molecule has 1 fully saturated rings. The summed E-state index contributed by atoms with van der Waals surface area (Å²) in [4.78, 5) is 39.7. The van der Waals surface area contributed by atoms with Crippen LogP contribution in [0.2, 0.25) is 0 Å². The Labute approximate surface area is 191 Å². The van der Waals surface area contributed by atoms with Crippen LogP contribution in [-0.4, -0.2) is 23.9 Å². The monoisotopic (exact) mass is 441 g/mol. The standard InChI is InChI=1S/C27H23NO5/c29-25-23-16-11-18(27(31)33-21-9-5-2-6-10-21)17-24(23)26(30)28(25)19-12-14-22(15-13-19)32-20-7-3-1-4-8-20/h1,3-4,7-8,11-17,21H,2,5-6,9-10H2. The van der Waals surface area contributed by atoms with Crippen molar-refractivity contribution >= 4 is 23.5 Å². The van der Waals surface area contributed by atoms with Crippen molar-refractivity contribution in [2.24, 2.45) is 0 Å². The molecule has 1 aliphatic heterocycles. The highest BCUT2D eigenvalue weighted by atomic mass is 16.5. The lowest BCUT2D eigenvalue weighted by Gasteiger charge is -2.21. The fourth-order valence-corrected chi connectivity index (χ4v) is 4.29. The van der Waals surface area contributed by atoms with Crippen LogP contribution in [0.5, 0.6) is 11.5 Å². The summed E-state index contributed by atoms with van der Waals surface area (Å²) < 4.78 is 11.4. The highest BCUT2D eigenvalue weighted by Gasteiger charge is 2.37. The van der Waals surface area contributed by atoms with Gasteiger partial charge in [0.15, 0.2) is 0 Å². The Morgan fingerprint density at radius 1 is 0.758 bits per heavy atom. The summed E-state index contributed by atoms with van der Waals surface area (Å²) >= 11 is 0. The van der Waals surface area contributed by atoms with Crippen LogP contribution < -0.4 is 9.64 Å². The number of nitrogens with zero attached hydrogens (tertiary/aromatic N) is 1. The van der Waals surface area contributed by atoms with Gasteiger partial charge in [0.1, 0.15) is 17.6 Å². The van der Waals surface area contributed by atoms with E-state index in [0.717, 1.165) is 30.6 Å². The molecule has 0 saturated heterocycles. The van der Waals surface area contributed by atoms with Gasteiger partial charge in [-0.25, -0.2) is 9.69 Å². The molecule has 5 rings (SSSR count). The number of carbonyl (C=O) groups is 3. The van der Waals surface area contributed by atoms with Gasteiger partial charge in [0.05, 0.1) is 22.4 Å². The van der Waals surface area contributed by atoms with Gasteiger partial charge >= 0.3 is 5.97 Å². The number of hydrogen-bond acceptors (Lipinski definition) is 5. The molecule has 0 radical (unpaired) electrons. The predicted molar refractivity (Wildman–Crippen MR) is 123 cm³/mol. The van der Waals surface area contributed by atoms with Gasteiger partial charge in [-0.05, 0) is 80.3 Å². The van der Waals surface area contributed by atoms with E-state index in [1.807, 2.05) is 30.3 Å². The van der Waals surface area contributed by atoms with E-state index in [1.54, 1.807) is 30.3 Å². The molecule has 3 aromatic rings. The van der Waals surface area contributed by atoms with Crippen molar-refractivity contribution in [3.05, 3.63) is 89.5 Å². The molecule has 2 amide bonds. The number of hydrogen-bond donors (Lipinski definition) is 0. The molecule has 1 saturated carbocycles. The van der Waals surface area contributed by atoms with Gasteiger partial charge in [-0.3, -0.25) is 9.59 Å². The maximum absolute atomic E-state index is 13.1. The molecule has 0 N–H and O–H groups in total. The van der Waals surface area contributed by atoms with Crippen LogP contribution >= 0.6 is 0 Å². The Morgan fingerprint density at radius 3 is 2.15 bits per heavy atom. The SMILES string of the molecule is O=C(OC1CCCCC1)c1ccc2c(c1)C(=O)N(c1ccc(Oc3ccccc3)cc1)C2=O. The van der Waals surface area contributed by atoms with Crippen LogP contribution in [0.25, 0.3) is 0 Å². The summed E-state index contributed by atoms with van der Waals surface area (Å²) in [6.07, 6.45) is 4.93. The van der Waals surface area contributed by atoms with Crippen molar-refractivity contribution in [1.82, 2.24) is 0 Å². The minimum absolute atomic E-state index is 0.0787. The van der Waals surface area contributed by atoms with E-state index in [1.165, 1.54) is 18.6 Å². The molecule has 2 aliphatic rings. The van der Waals surface area contributed by atoms with Crippen LogP contribution in [0.3, 0.4) is 0 Å². The smallest absolute Gasteiger partial charge is 0.338 e. The van der Waals surface area contributed by atoms with Crippen LogP contribution in [0.1, 0.15) is 63.2 Å². The Bertz CT molecular complexity index is 1200. The van der Waals surface area contributed by atoms with Crippen molar-refractivity contribution in [2.75, 3.05) is 4.90 Å². The van der Waals surface area contributed by atoms with E-state index < -0.39 is 17.8 Å². The van der Waals surface area contributed by atoms with Gasteiger partial charge in [-0.2, -0.15) is 0 Å². The van der Waals surface area contributed by atoms with E-state index in [-0.39, 0.29) is 22.8 Å². The summed E-state index contributed by atoms with van der Waals surface area (Å²) in [6, 6.07) is 20.6. The molecule has 1 heterocycles. The minimum atomic E-state index is -0.459. The predicted octanol–water partition coefficient (Wildman–Crippen LogP) is 5.77. The number of para-hydroxylation sites is 1. The summed E-state index contributed by atoms with van der Waals surface area (Å²) in [5.41, 5.74) is 1.21. The zero-order chi connectivity index (χ0) is 22.8. The first kappa shape index (κ1) is 20.9. The number of rotatable bonds is 5. The molecule has 33 heavy (non-hydrogen) atoms. The Kier molecular flexibility index (Phi) is 5.65. The minimum Gasteiger partial charge on any atom is -0.459 e. The second-order valence-electron chi connectivity index (χ2n) is 8.28. The molecule has 0 bridgehead atoms. The molecule has 0 aromatic heterocycles. The first-order valence-electron chi connectivity index (χ1n) is 11.2. The van der Waals surface area contributed by atoms with Crippen LogP contribution in [0.15, 0.2) is 72.8 Å². The van der Waals surface area contributed by atoms with E-state index >= 15 is 0 Å². The number of anilines is 1.